The molecule has 2 aliphatic heterocycles. The third-order valence-electron chi connectivity index (χ3n) is 4.90. The minimum absolute atomic E-state index is 0.0451. The van der Waals surface area contributed by atoms with E-state index in [1.807, 2.05) is 0 Å². The van der Waals surface area contributed by atoms with Gasteiger partial charge in [-0.1, -0.05) is 12.1 Å². The van der Waals surface area contributed by atoms with Crippen molar-refractivity contribution in [2.45, 2.75) is 18.4 Å². The van der Waals surface area contributed by atoms with Gasteiger partial charge in [0.15, 0.2) is 6.61 Å². The molecule has 10 nitrogen and oxygen atoms in total. The van der Waals surface area contributed by atoms with Crippen LogP contribution in [0.2, 0.25) is 0 Å². The molecule has 1 unspecified atom stereocenters. The van der Waals surface area contributed by atoms with Gasteiger partial charge in [0.1, 0.15) is 17.2 Å². The summed E-state index contributed by atoms with van der Waals surface area (Å²) in [6.45, 7) is 0.295. The van der Waals surface area contributed by atoms with Gasteiger partial charge in [-0.2, -0.15) is 9.97 Å². The number of anilines is 2. The number of nitrogens with two attached hydrogens (primary N) is 2. The summed E-state index contributed by atoms with van der Waals surface area (Å²) in [4.78, 5) is 33.5. The highest BCUT2D eigenvalue weighted by Gasteiger charge is 2.48. The smallest absolute Gasteiger partial charge is 0.341 e. The average Bonchev–Trinajstić information content (AvgIpc) is 3.23. The first-order valence-electron chi connectivity index (χ1n) is 8.71. The molecule has 5 N–H and O–H groups in total. The number of carbonyl (C=O) groups is 2. The lowest BCUT2D eigenvalue weighted by Crippen LogP contribution is -2.40. The molecule has 28 heavy (non-hydrogen) atoms. The molecule has 1 aromatic carbocycles. The van der Waals surface area contributed by atoms with Crippen molar-refractivity contribution in [1.29, 1.82) is 0 Å². The van der Waals surface area contributed by atoms with Gasteiger partial charge < -0.3 is 30.9 Å². The molecule has 0 aliphatic carbocycles. The summed E-state index contributed by atoms with van der Waals surface area (Å²) < 4.78 is 11.3. The minimum atomic E-state index is -1.11. The van der Waals surface area contributed by atoms with Gasteiger partial charge >= 0.3 is 5.97 Å². The van der Waals surface area contributed by atoms with E-state index in [9.17, 15) is 9.59 Å². The molecule has 1 atom stereocenters. The molecular weight excluding hydrogens is 366 g/mol. The summed E-state index contributed by atoms with van der Waals surface area (Å²) in [5.41, 5.74) is 12.0. The van der Waals surface area contributed by atoms with Crippen LogP contribution >= 0.6 is 0 Å². The van der Waals surface area contributed by atoms with Crippen molar-refractivity contribution < 1.29 is 24.2 Å². The Hall–Kier alpha value is -3.56. The maximum atomic E-state index is 13.0. The molecule has 4 rings (SSSR count). The predicted octanol–water partition coefficient (Wildman–Crippen LogP) is 0.324. The predicted molar refractivity (Wildman–Crippen MR) is 98.0 cm³/mol. The van der Waals surface area contributed by atoms with E-state index in [1.54, 1.807) is 29.2 Å². The topological polar surface area (TPSA) is 154 Å². The van der Waals surface area contributed by atoms with Crippen molar-refractivity contribution >= 4 is 23.6 Å². The summed E-state index contributed by atoms with van der Waals surface area (Å²) in [7, 11) is 0. The average molecular weight is 385 g/mol. The van der Waals surface area contributed by atoms with E-state index < -0.39 is 18.2 Å². The second-order valence-electron chi connectivity index (χ2n) is 6.87. The number of carboxylic acid groups (broad SMARTS) is 1. The highest BCUT2D eigenvalue weighted by atomic mass is 16.5. The SMILES string of the molecule is Nc1nc(N)c2c(n1)OC1(CCN(C(=O)c3ccccc3OCC(=O)O)C1)C2. The highest BCUT2D eigenvalue weighted by Crippen LogP contribution is 2.42. The quantitative estimate of drug-likeness (QED) is 0.675. The molecule has 1 aromatic heterocycles. The lowest BCUT2D eigenvalue weighted by Gasteiger charge is -2.24. The van der Waals surface area contributed by atoms with Gasteiger partial charge in [0, 0.05) is 19.4 Å². The van der Waals surface area contributed by atoms with Crippen LogP contribution in [0.15, 0.2) is 24.3 Å². The number of amides is 1. The Balaban J connectivity index is 1.52. The van der Waals surface area contributed by atoms with Crippen LogP contribution in [0.3, 0.4) is 0 Å². The fraction of sp³-hybridized carbons (Fsp3) is 0.333. The Morgan fingerprint density at radius 3 is 2.86 bits per heavy atom. The van der Waals surface area contributed by atoms with E-state index in [0.29, 0.717) is 42.9 Å². The van der Waals surface area contributed by atoms with Crippen LogP contribution in [-0.4, -0.2) is 57.1 Å². The maximum absolute atomic E-state index is 13.0. The number of likely N-dealkylation sites (tertiary alicyclic amines) is 1. The van der Waals surface area contributed by atoms with Crippen LogP contribution in [0.1, 0.15) is 22.3 Å². The number of para-hydroxylation sites is 1. The minimum Gasteiger partial charge on any atom is -0.481 e. The molecule has 2 aromatic rings. The number of carboxylic acids is 1. The van der Waals surface area contributed by atoms with Gasteiger partial charge in [0.05, 0.1) is 17.7 Å². The molecule has 146 valence electrons. The highest BCUT2D eigenvalue weighted by molar-refractivity contribution is 5.97. The lowest BCUT2D eigenvalue weighted by molar-refractivity contribution is -0.139. The van der Waals surface area contributed by atoms with Crippen molar-refractivity contribution in [1.82, 2.24) is 14.9 Å². The van der Waals surface area contributed by atoms with Crippen LogP contribution in [0.5, 0.6) is 11.6 Å². The van der Waals surface area contributed by atoms with Crippen LogP contribution < -0.4 is 20.9 Å². The normalized spacial score (nSPS) is 20.1. The first kappa shape index (κ1) is 17.8. The number of benzene rings is 1. The Morgan fingerprint density at radius 1 is 1.29 bits per heavy atom. The van der Waals surface area contributed by atoms with Crippen molar-refractivity contribution in [3.05, 3.63) is 35.4 Å². The fourth-order valence-corrected chi connectivity index (χ4v) is 3.64. The molecule has 0 radical (unpaired) electrons. The molecule has 0 bridgehead atoms. The molecule has 0 saturated carbocycles. The number of aromatic nitrogens is 2. The zero-order chi connectivity index (χ0) is 19.9. The van der Waals surface area contributed by atoms with E-state index in [-0.39, 0.29) is 23.4 Å². The molecule has 1 saturated heterocycles. The Labute approximate surface area is 160 Å². The van der Waals surface area contributed by atoms with E-state index in [0.717, 1.165) is 0 Å². The number of hydrogen-bond acceptors (Lipinski definition) is 8. The van der Waals surface area contributed by atoms with Crippen LogP contribution in [0.4, 0.5) is 11.8 Å². The Bertz CT molecular complexity index is 965. The second kappa shape index (κ2) is 6.55. The molecule has 1 spiro atoms. The van der Waals surface area contributed by atoms with E-state index in [2.05, 4.69) is 9.97 Å². The fourth-order valence-electron chi connectivity index (χ4n) is 3.64. The largest absolute Gasteiger partial charge is 0.481 e. The number of nitrogen functional groups attached to an aromatic ring is 2. The van der Waals surface area contributed by atoms with Crippen molar-refractivity contribution in [3.8, 4) is 11.6 Å². The first-order chi connectivity index (χ1) is 13.4. The summed E-state index contributed by atoms with van der Waals surface area (Å²) in [5, 5.41) is 8.82. The zero-order valence-corrected chi connectivity index (χ0v) is 14.9. The third kappa shape index (κ3) is 3.13. The monoisotopic (exact) mass is 385 g/mol. The maximum Gasteiger partial charge on any atom is 0.341 e. The van der Waals surface area contributed by atoms with Crippen molar-refractivity contribution in [2.75, 3.05) is 31.2 Å². The van der Waals surface area contributed by atoms with Crippen LogP contribution in [0, 0.1) is 0 Å². The van der Waals surface area contributed by atoms with Crippen molar-refractivity contribution in [3.63, 3.8) is 0 Å². The molecular formula is C18H19N5O5. The van der Waals surface area contributed by atoms with Crippen LogP contribution in [-0.2, 0) is 11.2 Å². The molecule has 3 heterocycles. The van der Waals surface area contributed by atoms with Crippen LogP contribution in [0.25, 0.3) is 0 Å². The summed E-state index contributed by atoms with van der Waals surface area (Å²) in [6.07, 6.45) is 1.10. The summed E-state index contributed by atoms with van der Waals surface area (Å²) in [6, 6.07) is 6.57. The molecule has 1 amide bonds. The number of hydrogen-bond donors (Lipinski definition) is 3. The first-order valence-corrected chi connectivity index (χ1v) is 8.71. The number of aliphatic carboxylic acids is 1. The van der Waals surface area contributed by atoms with Gasteiger partial charge in [0.25, 0.3) is 5.91 Å². The van der Waals surface area contributed by atoms with E-state index in [1.165, 1.54) is 0 Å². The lowest BCUT2D eigenvalue weighted by atomic mass is 9.97. The number of carbonyl (C=O) groups excluding carboxylic acids is 1. The van der Waals surface area contributed by atoms with Gasteiger partial charge in [0.2, 0.25) is 11.8 Å². The molecule has 2 aliphatic rings. The number of nitrogens with zero attached hydrogens (tertiary/aromatic N) is 3. The van der Waals surface area contributed by atoms with Crippen molar-refractivity contribution in [2.24, 2.45) is 0 Å². The second-order valence-corrected chi connectivity index (χ2v) is 6.87. The van der Waals surface area contributed by atoms with Gasteiger partial charge in [-0.25, -0.2) is 4.79 Å². The van der Waals surface area contributed by atoms with Gasteiger partial charge in [-0.3, -0.25) is 4.79 Å². The Morgan fingerprint density at radius 2 is 2.07 bits per heavy atom. The van der Waals surface area contributed by atoms with Gasteiger partial charge in [-0.15, -0.1) is 0 Å². The van der Waals surface area contributed by atoms with E-state index >= 15 is 0 Å². The van der Waals surface area contributed by atoms with E-state index in [4.69, 9.17) is 26.0 Å². The zero-order valence-electron chi connectivity index (χ0n) is 14.9. The summed E-state index contributed by atoms with van der Waals surface area (Å²) in [5.74, 6) is -0.437. The number of rotatable bonds is 4. The third-order valence-corrected chi connectivity index (χ3v) is 4.90. The summed E-state index contributed by atoms with van der Waals surface area (Å²) >= 11 is 0. The standard InChI is InChI=1S/C18H19N5O5/c19-14-11-7-18(28-15(11)22-17(20)21-14)5-6-23(9-18)16(26)10-3-1-2-4-12(10)27-8-13(24)25/h1-4H,5-9H2,(H,24,25)(H4,19,20,21,22). The number of ether oxygens (including phenoxy) is 2. The van der Waals surface area contributed by atoms with Gasteiger partial charge in [-0.05, 0) is 12.1 Å². The number of fused-ring (bicyclic) bond motifs is 1. The molecule has 1 fully saturated rings. The molecule has 10 heteroatoms. The Kier molecular flexibility index (Phi) is 4.17.